The first-order chi connectivity index (χ1) is 9.50. The summed E-state index contributed by atoms with van der Waals surface area (Å²) in [5.41, 5.74) is 0.701. The van der Waals surface area contributed by atoms with Crippen molar-refractivity contribution in [3.63, 3.8) is 0 Å². The number of fused-ring (bicyclic) bond motifs is 1. The lowest BCUT2D eigenvalue weighted by atomic mass is 10.2. The minimum atomic E-state index is -1.10. The molecule has 0 unspecified atom stereocenters. The van der Waals surface area contributed by atoms with E-state index in [1.807, 2.05) is 11.4 Å². The van der Waals surface area contributed by atoms with Crippen LogP contribution in [0.25, 0.3) is 10.1 Å². The average Bonchev–Trinajstić information content (AvgIpc) is 2.89. The van der Waals surface area contributed by atoms with E-state index in [4.69, 9.17) is 23.2 Å². The number of carbonyl (C=O) groups excluding carboxylic acids is 1. The van der Waals surface area contributed by atoms with Crippen molar-refractivity contribution in [2.75, 3.05) is 6.54 Å². The molecule has 1 amide bonds. The van der Waals surface area contributed by atoms with Crippen LogP contribution >= 0.6 is 34.5 Å². The van der Waals surface area contributed by atoms with Gasteiger partial charge in [0.2, 0.25) is 0 Å². The van der Waals surface area contributed by atoms with Crippen molar-refractivity contribution in [2.24, 2.45) is 7.05 Å². The van der Waals surface area contributed by atoms with Gasteiger partial charge in [0.15, 0.2) is 4.84 Å². The number of nitrogens with zero attached hydrogens (tertiary/aromatic N) is 1. The number of alkyl halides is 2. The highest BCUT2D eigenvalue weighted by Gasteiger charge is 2.09. The van der Waals surface area contributed by atoms with E-state index >= 15 is 0 Å². The molecular formula is C13H10Cl2N2O2S. The van der Waals surface area contributed by atoms with Gasteiger partial charge in [-0.1, -0.05) is 35.0 Å². The van der Waals surface area contributed by atoms with E-state index in [1.165, 1.54) is 15.9 Å². The maximum Gasteiger partial charge on any atom is 0.268 e. The van der Waals surface area contributed by atoms with Gasteiger partial charge in [-0.05, 0) is 11.4 Å². The van der Waals surface area contributed by atoms with E-state index in [9.17, 15) is 9.59 Å². The molecule has 0 fully saturated rings. The summed E-state index contributed by atoms with van der Waals surface area (Å²) < 4.78 is 2.17. The van der Waals surface area contributed by atoms with Crippen LogP contribution in [0.2, 0.25) is 0 Å². The molecule has 4 nitrogen and oxygen atoms in total. The smallest absolute Gasteiger partial charge is 0.268 e. The summed E-state index contributed by atoms with van der Waals surface area (Å²) in [6.45, 7) is 0.142. The predicted octanol–water partition coefficient (Wildman–Crippen LogP) is 1.87. The summed E-state index contributed by atoms with van der Waals surface area (Å²) in [6, 6.07) is 1.86. The molecule has 0 spiro atoms. The van der Waals surface area contributed by atoms with Gasteiger partial charge in [-0.15, -0.1) is 11.3 Å². The Labute approximate surface area is 129 Å². The highest BCUT2D eigenvalue weighted by molar-refractivity contribution is 7.17. The number of hydrogen-bond donors (Lipinski definition) is 1. The molecule has 0 saturated heterocycles. The Bertz CT molecular complexity index is 768. The fraction of sp³-hybridized carbons (Fsp3) is 0.231. The van der Waals surface area contributed by atoms with Crippen molar-refractivity contribution in [1.29, 1.82) is 0 Å². The van der Waals surface area contributed by atoms with Crippen molar-refractivity contribution >= 4 is 50.5 Å². The van der Waals surface area contributed by atoms with E-state index in [0.717, 1.165) is 10.9 Å². The fourth-order valence-corrected chi connectivity index (χ4v) is 2.66. The average molecular weight is 329 g/mol. The van der Waals surface area contributed by atoms with Crippen LogP contribution in [-0.2, 0) is 11.8 Å². The Kier molecular flexibility index (Phi) is 4.71. The quantitative estimate of drug-likeness (QED) is 0.676. The zero-order chi connectivity index (χ0) is 14.7. The zero-order valence-corrected chi connectivity index (χ0v) is 12.8. The van der Waals surface area contributed by atoms with Crippen molar-refractivity contribution < 1.29 is 4.79 Å². The van der Waals surface area contributed by atoms with Crippen LogP contribution in [0.3, 0.4) is 0 Å². The van der Waals surface area contributed by atoms with Gasteiger partial charge in [-0.3, -0.25) is 9.59 Å². The molecule has 1 N–H and O–H groups in total. The number of pyridine rings is 1. The molecule has 2 aromatic heterocycles. The summed E-state index contributed by atoms with van der Waals surface area (Å²) in [6.07, 6.45) is 1.68. The molecule has 0 aliphatic rings. The first-order valence-electron chi connectivity index (χ1n) is 5.62. The highest BCUT2D eigenvalue weighted by atomic mass is 35.5. The number of aromatic nitrogens is 1. The molecule has 2 rings (SSSR count). The van der Waals surface area contributed by atoms with Crippen LogP contribution < -0.4 is 10.9 Å². The van der Waals surface area contributed by atoms with Crippen LogP contribution in [0.4, 0.5) is 0 Å². The Hall–Kier alpha value is -1.48. The number of aryl methyl sites for hydroxylation is 1. The van der Waals surface area contributed by atoms with Crippen LogP contribution in [-0.4, -0.2) is 21.9 Å². The molecule has 0 bridgehead atoms. The van der Waals surface area contributed by atoms with E-state index in [-0.39, 0.29) is 12.1 Å². The second kappa shape index (κ2) is 6.31. The topological polar surface area (TPSA) is 51.1 Å². The Morgan fingerprint density at radius 2 is 2.30 bits per heavy atom. The summed E-state index contributed by atoms with van der Waals surface area (Å²) in [5, 5.41) is 5.15. The Balaban J connectivity index is 2.23. The van der Waals surface area contributed by atoms with Crippen molar-refractivity contribution in [1.82, 2.24) is 9.88 Å². The van der Waals surface area contributed by atoms with Crippen molar-refractivity contribution in [3.8, 4) is 11.8 Å². The van der Waals surface area contributed by atoms with Gasteiger partial charge >= 0.3 is 0 Å². The number of hydrogen-bond acceptors (Lipinski definition) is 3. The predicted molar refractivity (Wildman–Crippen MR) is 82.4 cm³/mol. The number of carbonyl (C=O) groups is 1. The number of amides is 1. The second-order valence-corrected chi connectivity index (χ2v) is 5.95. The molecular weight excluding hydrogens is 319 g/mol. The number of rotatable bonds is 2. The van der Waals surface area contributed by atoms with Crippen LogP contribution in [0.5, 0.6) is 0 Å². The van der Waals surface area contributed by atoms with Gasteiger partial charge in [0, 0.05) is 24.2 Å². The summed E-state index contributed by atoms with van der Waals surface area (Å²) >= 11 is 12.2. The summed E-state index contributed by atoms with van der Waals surface area (Å²) in [4.78, 5) is 21.9. The van der Waals surface area contributed by atoms with Gasteiger partial charge in [-0.25, -0.2) is 0 Å². The Morgan fingerprint density at radius 1 is 1.55 bits per heavy atom. The van der Waals surface area contributed by atoms with Gasteiger partial charge < -0.3 is 9.88 Å². The normalized spacial score (nSPS) is 10.4. The third-order valence-electron chi connectivity index (χ3n) is 2.56. The maximum absolute atomic E-state index is 11.9. The lowest BCUT2D eigenvalue weighted by molar-refractivity contribution is -0.119. The molecule has 0 aliphatic carbocycles. The van der Waals surface area contributed by atoms with Gasteiger partial charge in [0.05, 0.1) is 6.54 Å². The number of thiophene rings is 1. The monoisotopic (exact) mass is 328 g/mol. The van der Waals surface area contributed by atoms with Gasteiger partial charge in [0.1, 0.15) is 4.70 Å². The minimum absolute atomic E-state index is 0.0408. The molecule has 0 radical (unpaired) electrons. The summed E-state index contributed by atoms with van der Waals surface area (Å²) in [5.74, 6) is 5.26. The highest BCUT2D eigenvalue weighted by Crippen LogP contribution is 2.19. The third-order valence-corrected chi connectivity index (χ3v) is 3.86. The second-order valence-electron chi connectivity index (χ2n) is 3.94. The first-order valence-corrected chi connectivity index (χ1v) is 7.37. The standard InChI is InChI=1S/C13H10Cl2N2O2S/c1-17-7-8(3-2-5-16-12(18)11(14)15)9-4-6-20-10(9)13(17)19/h4,6-7,11H,5H2,1H3,(H,16,18). The SMILES string of the molecule is Cn1cc(C#CCNC(=O)C(Cl)Cl)c2ccsc2c1=O. The van der Waals surface area contributed by atoms with E-state index in [2.05, 4.69) is 17.2 Å². The molecule has 0 aromatic carbocycles. The molecule has 0 atom stereocenters. The molecule has 0 saturated carbocycles. The largest absolute Gasteiger partial charge is 0.343 e. The lowest BCUT2D eigenvalue weighted by Gasteiger charge is -2.01. The summed E-state index contributed by atoms with van der Waals surface area (Å²) in [7, 11) is 1.68. The van der Waals surface area contributed by atoms with Crippen molar-refractivity contribution in [3.05, 3.63) is 33.6 Å². The number of halogens is 2. The van der Waals surface area contributed by atoms with Gasteiger partial charge in [-0.2, -0.15) is 0 Å². The van der Waals surface area contributed by atoms with Crippen LogP contribution in [0.1, 0.15) is 5.56 Å². The van der Waals surface area contributed by atoms with Gasteiger partial charge in [0.25, 0.3) is 11.5 Å². The van der Waals surface area contributed by atoms with E-state index < -0.39 is 10.7 Å². The van der Waals surface area contributed by atoms with E-state index in [0.29, 0.717) is 4.70 Å². The molecule has 0 aliphatic heterocycles. The zero-order valence-electron chi connectivity index (χ0n) is 10.4. The molecule has 7 heteroatoms. The molecule has 2 heterocycles. The molecule has 2 aromatic rings. The first kappa shape index (κ1) is 14.9. The van der Waals surface area contributed by atoms with Crippen LogP contribution in [0, 0.1) is 11.8 Å². The maximum atomic E-state index is 11.9. The van der Waals surface area contributed by atoms with Crippen LogP contribution in [0.15, 0.2) is 22.4 Å². The minimum Gasteiger partial charge on any atom is -0.343 e. The number of nitrogens with one attached hydrogen (secondary N) is 1. The molecule has 104 valence electrons. The van der Waals surface area contributed by atoms with E-state index in [1.54, 1.807) is 13.2 Å². The van der Waals surface area contributed by atoms with Crippen molar-refractivity contribution in [2.45, 2.75) is 4.84 Å². The Morgan fingerprint density at radius 3 is 3.00 bits per heavy atom. The molecule has 20 heavy (non-hydrogen) atoms. The lowest BCUT2D eigenvalue weighted by Crippen LogP contribution is -2.28. The fourth-order valence-electron chi connectivity index (χ4n) is 1.62. The third kappa shape index (κ3) is 3.15.